The lowest BCUT2D eigenvalue weighted by Crippen LogP contribution is -2.35. The van der Waals surface area contributed by atoms with Crippen molar-refractivity contribution in [2.45, 2.75) is 51.5 Å². The van der Waals surface area contributed by atoms with Gasteiger partial charge in [-0.3, -0.25) is 9.59 Å². The summed E-state index contributed by atoms with van der Waals surface area (Å²) in [6.45, 7) is 3.81. The van der Waals surface area contributed by atoms with Crippen LogP contribution in [0.5, 0.6) is 0 Å². The Balaban J connectivity index is 1.79. The Bertz CT molecular complexity index is 522. The Labute approximate surface area is 138 Å². The van der Waals surface area contributed by atoms with Crippen molar-refractivity contribution in [1.82, 2.24) is 4.90 Å². The van der Waals surface area contributed by atoms with E-state index in [1.807, 2.05) is 36.1 Å². The molecule has 0 aromatic heterocycles. The molecule has 5 heteroatoms. The molecule has 1 saturated heterocycles. The second-order valence-electron chi connectivity index (χ2n) is 6.17. The molecule has 1 aliphatic heterocycles. The maximum absolute atomic E-state index is 12.0. The van der Waals surface area contributed by atoms with Crippen molar-refractivity contribution in [1.29, 1.82) is 0 Å². The van der Waals surface area contributed by atoms with E-state index in [0.717, 1.165) is 50.0 Å². The summed E-state index contributed by atoms with van der Waals surface area (Å²) < 4.78 is 0. The normalized spacial score (nSPS) is 15.5. The summed E-state index contributed by atoms with van der Waals surface area (Å²) >= 11 is 0. The Morgan fingerprint density at radius 2 is 1.87 bits per heavy atom. The molecule has 1 unspecified atom stereocenters. The number of nitrogens with zero attached hydrogens (tertiary/aromatic N) is 1. The molecule has 1 aliphatic rings. The fourth-order valence-corrected chi connectivity index (χ4v) is 2.81. The summed E-state index contributed by atoms with van der Waals surface area (Å²) in [7, 11) is 0. The fourth-order valence-electron chi connectivity index (χ4n) is 2.81. The van der Waals surface area contributed by atoms with Crippen molar-refractivity contribution in [2.75, 3.05) is 18.4 Å². The van der Waals surface area contributed by atoms with Crippen molar-refractivity contribution in [2.24, 2.45) is 5.73 Å². The summed E-state index contributed by atoms with van der Waals surface area (Å²) in [5.74, 6) is 0.0919. The van der Waals surface area contributed by atoms with E-state index in [9.17, 15) is 9.59 Å². The highest BCUT2D eigenvalue weighted by Crippen LogP contribution is 2.14. The lowest BCUT2D eigenvalue weighted by molar-refractivity contribution is -0.130. The third kappa shape index (κ3) is 5.36. The van der Waals surface area contributed by atoms with Gasteiger partial charge in [-0.1, -0.05) is 25.5 Å². The Morgan fingerprint density at radius 1 is 1.22 bits per heavy atom. The van der Waals surface area contributed by atoms with Crippen LogP contribution in [0.1, 0.15) is 44.6 Å². The van der Waals surface area contributed by atoms with Crippen molar-refractivity contribution in [3.05, 3.63) is 29.8 Å². The first-order chi connectivity index (χ1) is 11.1. The maximum Gasteiger partial charge on any atom is 0.241 e. The third-order valence-corrected chi connectivity index (χ3v) is 4.24. The molecule has 0 aliphatic carbocycles. The van der Waals surface area contributed by atoms with Gasteiger partial charge >= 0.3 is 0 Å². The number of anilines is 1. The molecule has 23 heavy (non-hydrogen) atoms. The number of nitrogens with two attached hydrogens (primary N) is 1. The van der Waals surface area contributed by atoms with Gasteiger partial charge < -0.3 is 16.0 Å². The number of amides is 2. The van der Waals surface area contributed by atoms with Crippen LogP contribution in [0, 0.1) is 0 Å². The largest absolute Gasteiger partial charge is 0.343 e. The van der Waals surface area contributed by atoms with Crippen LogP contribution in [0.4, 0.5) is 5.69 Å². The van der Waals surface area contributed by atoms with E-state index in [4.69, 9.17) is 5.73 Å². The quantitative estimate of drug-likeness (QED) is 0.810. The highest BCUT2D eigenvalue weighted by molar-refractivity contribution is 5.94. The first-order valence-electron chi connectivity index (χ1n) is 8.53. The van der Waals surface area contributed by atoms with E-state index in [0.29, 0.717) is 12.8 Å². The van der Waals surface area contributed by atoms with Crippen LogP contribution in [-0.2, 0) is 16.0 Å². The van der Waals surface area contributed by atoms with Gasteiger partial charge in [-0.05, 0) is 43.4 Å². The molecule has 1 aromatic carbocycles. The second kappa shape index (κ2) is 8.67. The van der Waals surface area contributed by atoms with Gasteiger partial charge in [0, 0.05) is 25.2 Å². The van der Waals surface area contributed by atoms with E-state index >= 15 is 0 Å². The van der Waals surface area contributed by atoms with Crippen molar-refractivity contribution in [3.8, 4) is 0 Å². The zero-order chi connectivity index (χ0) is 16.7. The SMILES string of the molecule is CCCC(N)C(=O)Nc1ccc(CCC(=O)N2CCCC2)cc1. The molecule has 2 rings (SSSR count). The topological polar surface area (TPSA) is 75.4 Å². The molecule has 0 spiro atoms. The number of benzene rings is 1. The minimum absolute atomic E-state index is 0.149. The minimum Gasteiger partial charge on any atom is -0.343 e. The Kier molecular flexibility index (Phi) is 6.59. The molecule has 1 fully saturated rings. The van der Waals surface area contributed by atoms with Crippen molar-refractivity contribution >= 4 is 17.5 Å². The minimum atomic E-state index is -0.460. The van der Waals surface area contributed by atoms with E-state index < -0.39 is 6.04 Å². The van der Waals surface area contributed by atoms with E-state index in [1.54, 1.807) is 0 Å². The van der Waals surface area contributed by atoms with Gasteiger partial charge in [-0.15, -0.1) is 0 Å². The number of carbonyl (C=O) groups excluding carboxylic acids is 2. The number of nitrogens with one attached hydrogen (secondary N) is 1. The van der Waals surface area contributed by atoms with Crippen molar-refractivity contribution in [3.63, 3.8) is 0 Å². The van der Waals surface area contributed by atoms with Gasteiger partial charge in [0.2, 0.25) is 11.8 Å². The molecule has 0 radical (unpaired) electrons. The Morgan fingerprint density at radius 3 is 2.48 bits per heavy atom. The van der Waals surface area contributed by atoms with Crippen LogP contribution in [0.3, 0.4) is 0 Å². The molecule has 1 heterocycles. The van der Waals surface area contributed by atoms with Crippen LogP contribution >= 0.6 is 0 Å². The standard InChI is InChI=1S/C18H27N3O2/c1-2-5-16(19)18(23)20-15-9-6-14(7-10-15)8-11-17(22)21-12-3-4-13-21/h6-7,9-10,16H,2-5,8,11-13,19H2,1H3,(H,20,23). The second-order valence-corrected chi connectivity index (χ2v) is 6.17. The van der Waals surface area contributed by atoms with Crippen LogP contribution in [0.15, 0.2) is 24.3 Å². The van der Waals surface area contributed by atoms with Crippen molar-refractivity contribution < 1.29 is 9.59 Å². The predicted molar refractivity (Wildman–Crippen MR) is 92.1 cm³/mol. The molecule has 3 N–H and O–H groups in total. The molecule has 0 saturated carbocycles. The number of hydrogen-bond donors (Lipinski definition) is 2. The summed E-state index contributed by atoms with van der Waals surface area (Å²) in [5, 5.41) is 2.82. The molecule has 2 amide bonds. The smallest absolute Gasteiger partial charge is 0.241 e. The summed E-state index contributed by atoms with van der Waals surface area (Å²) in [6, 6.07) is 7.19. The number of rotatable bonds is 7. The maximum atomic E-state index is 12.0. The summed E-state index contributed by atoms with van der Waals surface area (Å²) in [4.78, 5) is 25.8. The van der Waals surface area contributed by atoms with E-state index in [2.05, 4.69) is 5.32 Å². The highest BCUT2D eigenvalue weighted by Gasteiger charge is 2.17. The monoisotopic (exact) mass is 317 g/mol. The summed E-state index contributed by atoms with van der Waals surface area (Å²) in [5.41, 5.74) is 7.64. The van der Waals surface area contributed by atoms with Crippen LogP contribution < -0.4 is 11.1 Å². The average molecular weight is 317 g/mol. The van der Waals surface area contributed by atoms with Gasteiger partial charge in [-0.25, -0.2) is 0 Å². The fraction of sp³-hybridized carbons (Fsp3) is 0.556. The lowest BCUT2D eigenvalue weighted by atomic mass is 10.1. The van der Waals surface area contributed by atoms with Crippen LogP contribution in [0.25, 0.3) is 0 Å². The molecular formula is C18H27N3O2. The zero-order valence-electron chi connectivity index (χ0n) is 13.9. The highest BCUT2D eigenvalue weighted by atomic mass is 16.2. The predicted octanol–water partition coefficient (Wildman–Crippen LogP) is 2.31. The molecule has 1 aromatic rings. The van der Waals surface area contributed by atoms with E-state index in [-0.39, 0.29) is 11.8 Å². The number of carbonyl (C=O) groups is 2. The first kappa shape index (κ1) is 17.5. The van der Waals surface area contributed by atoms with Gasteiger partial charge in [0.1, 0.15) is 0 Å². The van der Waals surface area contributed by atoms with Crippen LogP contribution in [-0.4, -0.2) is 35.8 Å². The zero-order valence-corrected chi connectivity index (χ0v) is 13.9. The lowest BCUT2D eigenvalue weighted by Gasteiger charge is -2.15. The molecular weight excluding hydrogens is 290 g/mol. The molecule has 5 nitrogen and oxygen atoms in total. The van der Waals surface area contributed by atoms with E-state index in [1.165, 1.54) is 0 Å². The third-order valence-electron chi connectivity index (χ3n) is 4.24. The molecule has 1 atom stereocenters. The number of hydrogen-bond acceptors (Lipinski definition) is 3. The van der Waals surface area contributed by atoms with Gasteiger partial charge in [0.25, 0.3) is 0 Å². The first-order valence-corrected chi connectivity index (χ1v) is 8.53. The summed E-state index contributed by atoms with van der Waals surface area (Å²) in [6.07, 6.45) is 5.10. The van der Waals surface area contributed by atoms with Crippen LogP contribution in [0.2, 0.25) is 0 Å². The number of likely N-dealkylation sites (tertiary alicyclic amines) is 1. The average Bonchev–Trinajstić information content (AvgIpc) is 3.08. The number of aryl methyl sites for hydroxylation is 1. The van der Waals surface area contributed by atoms with Gasteiger partial charge in [0.15, 0.2) is 0 Å². The molecule has 0 bridgehead atoms. The molecule has 126 valence electrons. The Hall–Kier alpha value is -1.88. The van der Waals surface area contributed by atoms with Gasteiger partial charge in [0.05, 0.1) is 6.04 Å². The van der Waals surface area contributed by atoms with Gasteiger partial charge in [-0.2, -0.15) is 0 Å².